The van der Waals surface area contributed by atoms with Gasteiger partial charge in [-0.1, -0.05) is 36.6 Å². The van der Waals surface area contributed by atoms with E-state index in [2.05, 4.69) is 4.72 Å². The maximum absolute atomic E-state index is 12.1. The fourth-order valence-electron chi connectivity index (χ4n) is 2.55. The standard InChI is InChI=1S/C13H19ClN2O2S/c1-16(2)19(17,18)15-13(8-3-4-9-13)11-6-5-7-12(14)10-11/h5-7,10,15H,3-4,8-9H2,1-2H3. The Bertz CT molecular complexity index is 552. The van der Waals surface area contributed by atoms with E-state index in [1.165, 1.54) is 18.4 Å². The summed E-state index contributed by atoms with van der Waals surface area (Å²) in [6.45, 7) is 0. The quantitative estimate of drug-likeness (QED) is 0.929. The number of benzene rings is 1. The number of hydrogen-bond acceptors (Lipinski definition) is 2. The molecule has 1 aliphatic rings. The Balaban J connectivity index is 2.39. The minimum Gasteiger partial charge on any atom is -0.195 e. The summed E-state index contributed by atoms with van der Waals surface area (Å²) in [4.78, 5) is 0. The van der Waals surface area contributed by atoms with E-state index in [-0.39, 0.29) is 0 Å². The van der Waals surface area contributed by atoms with Gasteiger partial charge < -0.3 is 0 Å². The van der Waals surface area contributed by atoms with Crippen LogP contribution in [0.5, 0.6) is 0 Å². The molecule has 0 amide bonds. The van der Waals surface area contributed by atoms with Crippen LogP contribution in [0.15, 0.2) is 24.3 Å². The zero-order chi connectivity index (χ0) is 14.1. The van der Waals surface area contributed by atoms with Crippen molar-refractivity contribution in [2.45, 2.75) is 31.2 Å². The second-order valence-electron chi connectivity index (χ2n) is 5.19. The van der Waals surface area contributed by atoms with Gasteiger partial charge in [0.2, 0.25) is 0 Å². The highest BCUT2D eigenvalue weighted by atomic mass is 35.5. The van der Waals surface area contributed by atoms with E-state index in [1.807, 2.05) is 18.2 Å². The Hall–Kier alpha value is -0.620. The molecule has 1 aliphatic carbocycles. The first-order valence-corrected chi connectivity index (χ1v) is 8.15. The first-order chi connectivity index (χ1) is 8.86. The molecular weight excluding hydrogens is 284 g/mol. The van der Waals surface area contributed by atoms with Crippen molar-refractivity contribution in [2.75, 3.05) is 14.1 Å². The number of halogens is 1. The molecule has 2 rings (SSSR count). The fourth-order valence-corrected chi connectivity index (χ4v) is 3.74. The average molecular weight is 303 g/mol. The molecule has 1 fully saturated rings. The number of nitrogens with one attached hydrogen (secondary N) is 1. The number of rotatable bonds is 4. The summed E-state index contributed by atoms with van der Waals surface area (Å²) >= 11 is 6.03. The van der Waals surface area contributed by atoms with Crippen molar-refractivity contribution >= 4 is 21.8 Å². The minimum atomic E-state index is -3.46. The molecule has 0 aromatic heterocycles. The van der Waals surface area contributed by atoms with Crippen molar-refractivity contribution in [1.82, 2.24) is 9.03 Å². The van der Waals surface area contributed by atoms with Gasteiger partial charge in [0.05, 0.1) is 5.54 Å². The molecule has 106 valence electrons. The van der Waals surface area contributed by atoms with Gasteiger partial charge in [-0.05, 0) is 30.5 Å². The molecule has 6 heteroatoms. The first kappa shape index (κ1) is 14.8. The molecule has 0 spiro atoms. The monoisotopic (exact) mass is 302 g/mol. The van der Waals surface area contributed by atoms with Crippen molar-refractivity contribution in [1.29, 1.82) is 0 Å². The third-order valence-electron chi connectivity index (χ3n) is 3.64. The van der Waals surface area contributed by atoms with Gasteiger partial charge in [0.15, 0.2) is 0 Å². The molecule has 0 atom stereocenters. The van der Waals surface area contributed by atoms with E-state index in [4.69, 9.17) is 11.6 Å². The van der Waals surface area contributed by atoms with E-state index < -0.39 is 15.7 Å². The van der Waals surface area contributed by atoms with Gasteiger partial charge in [-0.2, -0.15) is 17.4 Å². The molecule has 1 aromatic carbocycles. The average Bonchev–Trinajstić information content (AvgIpc) is 2.78. The van der Waals surface area contributed by atoms with Crippen molar-refractivity contribution < 1.29 is 8.42 Å². The fraction of sp³-hybridized carbons (Fsp3) is 0.538. The normalized spacial score (nSPS) is 18.9. The largest absolute Gasteiger partial charge is 0.279 e. The second kappa shape index (κ2) is 5.40. The maximum atomic E-state index is 12.1. The van der Waals surface area contributed by atoms with Gasteiger partial charge in [-0.15, -0.1) is 0 Å². The molecule has 1 aromatic rings. The summed E-state index contributed by atoms with van der Waals surface area (Å²) in [7, 11) is -0.399. The van der Waals surface area contributed by atoms with E-state index in [0.717, 1.165) is 31.2 Å². The van der Waals surface area contributed by atoms with E-state index in [1.54, 1.807) is 6.07 Å². The number of nitrogens with zero attached hydrogens (tertiary/aromatic N) is 1. The molecule has 4 nitrogen and oxygen atoms in total. The molecule has 19 heavy (non-hydrogen) atoms. The summed E-state index contributed by atoms with van der Waals surface area (Å²) in [6.07, 6.45) is 3.64. The van der Waals surface area contributed by atoms with Crippen LogP contribution in [0.3, 0.4) is 0 Å². The molecule has 0 aliphatic heterocycles. The molecule has 0 bridgehead atoms. The Kier molecular flexibility index (Phi) is 4.20. The molecule has 0 radical (unpaired) electrons. The Labute approximate surface area is 119 Å². The molecule has 0 heterocycles. The minimum absolute atomic E-state index is 0.520. The SMILES string of the molecule is CN(C)S(=O)(=O)NC1(c2cccc(Cl)c2)CCCC1. The van der Waals surface area contributed by atoms with Crippen LogP contribution in [-0.4, -0.2) is 26.8 Å². The van der Waals surface area contributed by atoms with Gasteiger partial charge in [0.1, 0.15) is 0 Å². The topological polar surface area (TPSA) is 49.4 Å². The third kappa shape index (κ3) is 3.11. The zero-order valence-corrected chi connectivity index (χ0v) is 12.8. The molecule has 1 N–H and O–H groups in total. The maximum Gasteiger partial charge on any atom is 0.279 e. The van der Waals surface area contributed by atoms with Crippen molar-refractivity contribution in [2.24, 2.45) is 0 Å². The molecule has 0 unspecified atom stereocenters. The summed E-state index contributed by atoms with van der Waals surface area (Å²) in [5.74, 6) is 0. The summed E-state index contributed by atoms with van der Waals surface area (Å²) < 4.78 is 28.3. The lowest BCUT2D eigenvalue weighted by molar-refractivity contribution is 0.386. The van der Waals surface area contributed by atoms with Crippen molar-refractivity contribution in [3.05, 3.63) is 34.9 Å². The van der Waals surface area contributed by atoms with E-state index >= 15 is 0 Å². The molecule has 0 saturated heterocycles. The summed E-state index contributed by atoms with van der Waals surface area (Å²) in [5, 5.41) is 0.632. The van der Waals surface area contributed by atoms with E-state index in [0.29, 0.717) is 5.02 Å². The lowest BCUT2D eigenvalue weighted by atomic mass is 9.89. The summed E-state index contributed by atoms with van der Waals surface area (Å²) in [5.41, 5.74) is 0.427. The summed E-state index contributed by atoms with van der Waals surface area (Å²) in [6, 6.07) is 7.45. The van der Waals surface area contributed by atoms with Gasteiger partial charge >= 0.3 is 0 Å². The van der Waals surface area contributed by atoms with Crippen LogP contribution < -0.4 is 4.72 Å². The highest BCUT2D eigenvalue weighted by Crippen LogP contribution is 2.40. The Morgan fingerprint density at radius 1 is 1.26 bits per heavy atom. The van der Waals surface area contributed by atoms with Crippen LogP contribution >= 0.6 is 11.6 Å². The smallest absolute Gasteiger partial charge is 0.195 e. The van der Waals surface area contributed by atoms with E-state index in [9.17, 15) is 8.42 Å². The van der Waals surface area contributed by atoms with Crippen LogP contribution in [0.2, 0.25) is 5.02 Å². The lowest BCUT2D eigenvalue weighted by Gasteiger charge is -2.32. The van der Waals surface area contributed by atoms with Crippen LogP contribution in [0.4, 0.5) is 0 Å². The Morgan fingerprint density at radius 2 is 1.89 bits per heavy atom. The van der Waals surface area contributed by atoms with Gasteiger partial charge in [0, 0.05) is 19.1 Å². The van der Waals surface area contributed by atoms with Crippen LogP contribution in [-0.2, 0) is 15.7 Å². The van der Waals surface area contributed by atoms with Gasteiger partial charge in [0.25, 0.3) is 10.2 Å². The second-order valence-corrected chi connectivity index (χ2v) is 7.51. The predicted octanol–water partition coefficient (Wildman–Crippen LogP) is 2.51. The number of hydrogen-bond donors (Lipinski definition) is 1. The van der Waals surface area contributed by atoms with Crippen molar-refractivity contribution in [3.8, 4) is 0 Å². The molecular formula is C13H19ClN2O2S. The lowest BCUT2D eigenvalue weighted by Crippen LogP contribution is -2.48. The van der Waals surface area contributed by atoms with Gasteiger partial charge in [-0.3, -0.25) is 0 Å². The highest BCUT2D eigenvalue weighted by molar-refractivity contribution is 7.87. The highest BCUT2D eigenvalue weighted by Gasteiger charge is 2.39. The predicted molar refractivity (Wildman–Crippen MR) is 77.3 cm³/mol. The van der Waals surface area contributed by atoms with Gasteiger partial charge in [-0.25, -0.2) is 0 Å². The third-order valence-corrected chi connectivity index (χ3v) is 5.48. The van der Waals surface area contributed by atoms with Crippen molar-refractivity contribution in [3.63, 3.8) is 0 Å². The first-order valence-electron chi connectivity index (χ1n) is 6.33. The van der Waals surface area contributed by atoms with Crippen LogP contribution in [0.1, 0.15) is 31.2 Å². The zero-order valence-electron chi connectivity index (χ0n) is 11.2. The Morgan fingerprint density at radius 3 is 2.42 bits per heavy atom. The molecule has 1 saturated carbocycles. The van der Waals surface area contributed by atoms with Crippen LogP contribution in [0.25, 0.3) is 0 Å². The van der Waals surface area contributed by atoms with Crippen LogP contribution in [0, 0.1) is 0 Å².